The van der Waals surface area contributed by atoms with E-state index in [2.05, 4.69) is 9.88 Å². The van der Waals surface area contributed by atoms with Gasteiger partial charge in [-0.1, -0.05) is 0 Å². The maximum atomic E-state index is 10.9. The topological polar surface area (TPSA) is 62.7 Å². The number of ether oxygens (including phenoxy) is 1. The molecule has 0 radical (unpaired) electrons. The summed E-state index contributed by atoms with van der Waals surface area (Å²) in [5.41, 5.74) is 1.59. The molecule has 5 heteroatoms. The summed E-state index contributed by atoms with van der Waals surface area (Å²) in [4.78, 5) is 17.5. The van der Waals surface area contributed by atoms with Gasteiger partial charge in [0.1, 0.15) is 0 Å². The zero-order valence-electron chi connectivity index (χ0n) is 10.8. The van der Waals surface area contributed by atoms with Gasteiger partial charge in [-0.15, -0.1) is 0 Å². The van der Waals surface area contributed by atoms with Gasteiger partial charge in [0.15, 0.2) is 0 Å². The molecule has 1 aromatic heterocycles. The van der Waals surface area contributed by atoms with E-state index >= 15 is 0 Å². The average Bonchev–Trinajstić information content (AvgIpc) is 2.38. The Balaban J connectivity index is 1.58. The second kappa shape index (κ2) is 4.90. The van der Waals surface area contributed by atoms with Crippen LogP contribution in [-0.4, -0.2) is 47.3 Å². The van der Waals surface area contributed by atoms with Crippen LogP contribution in [0.4, 0.5) is 0 Å². The number of aromatic carboxylic acids is 1. The SMILES string of the molecule is O=C(O)c1ccnc(CN2CC3(CCOCC3)C2)c1. The zero-order valence-corrected chi connectivity index (χ0v) is 10.8. The van der Waals surface area contributed by atoms with Crippen LogP contribution in [0.3, 0.4) is 0 Å². The lowest BCUT2D eigenvalue weighted by Crippen LogP contribution is -2.57. The van der Waals surface area contributed by atoms with Crippen LogP contribution >= 0.6 is 0 Å². The molecule has 3 heterocycles. The Morgan fingerprint density at radius 3 is 2.84 bits per heavy atom. The third-order valence-corrected chi connectivity index (χ3v) is 4.12. The molecule has 0 aromatic carbocycles. The Morgan fingerprint density at radius 1 is 1.42 bits per heavy atom. The predicted octanol–water partition coefficient (Wildman–Crippen LogP) is 1.39. The molecule has 2 aliphatic rings. The second-order valence-electron chi connectivity index (χ2n) is 5.60. The number of hydrogen-bond donors (Lipinski definition) is 1. The van der Waals surface area contributed by atoms with Crippen molar-refractivity contribution >= 4 is 5.97 Å². The lowest BCUT2D eigenvalue weighted by atomic mass is 9.73. The highest BCUT2D eigenvalue weighted by atomic mass is 16.5. The van der Waals surface area contributed by atoms with E-state index in [9.17, 15) is 4.79 Å². The van der Waals surface area contributed by atoms with Crippen LogP contribution in [0, 0.1) is 5.41 Å². The summed E-state index contributed by atoms with van der Waals surface area (Å²) in [5, 5.41) is 8.96. The highest BCUT2D eigenvalue weighted by Gasteiger charge is 2.43. The number of carboxylic acids is 1. The molecule has 102 valence electrons. The highest BCUT2D eigenvalue weighted by molar-refractivity contribution is 5.87. The number of aromatic nitrogens is 1. The van der Waals surface area contributed by atoms with E-state index in [1.807, 2.05) is 0 Å². The maximum Gasteiger partial charge on any atom is 0.335 e. The third kappa shape index (κ3) is 2.62. The normalized spacial score (nSPS) is 22.1. The Morgan fingerprint density at radius 2 is 2.16 bits per heavy atom. The van der Waals surface area contributed by atoms with E-state index in [4.69, 9.17) is 9.84 Å². The molecule has 1 N–H and O–H groups in total. The fourth-order valence-electron chi connectivity index (χ4n) is 3.06. The smallest absolute Gasteiger partial charge is 0.335 e. The number of hydrogen-bond acceptors (Lipinski definition) is 4. The molecule has 0 amide bonds. The molecule has 0 bridgehead atoms. The van der Waals surface area contributed by atoms with Gasteiger partial charge in [-0.2, -0.15) is 0 Å². The lowest BCUT2D eigenvalue weighted by molar-refractivity contribution is -0.0842. The summed E-state index contributed by atoms with van der Waals surface area (Å²) in [6.07, 6.45) is 3.86. The van der Waals surface area contributed by atoms with E-state index in [0.717, 1.165) is 51.4 Å². The Hall–Kier alpha value is -1.46. The first kappa shape index (κ1) is 12.6. The molecular weight excluding hydrogens is 244 g/mol. The van der Waals surface area contributed by atoms with E-state index in [1.165, 1.54) is 6.07 Å². The number of likely N-dealkylation sites (tertiary alicyclic amines) is 1. The minimum absolute atomic E-state index is 0.311. The van der Waals surface area contributed by atoms with Crippen LogP contribution in [0.2, 0.25) is 0 Å². The van der Waals surface area contributed by atoms with E-state index in [0.29, 0.717) is 11.0 Å². The van der Waals surface area contributed by atoms with Crippen LogP contribution < -0.4 is 0 Å². The summed E-state index contributed by atoms with van der Waals surface area (Å²) >= 11 is 0. The summed E-state index contributed by atoms with van der Waals surface area (Å²) in [6.45, 7) is 4.65. The molecule has 3 rings (SSSR count). The standard InChI is InChI=1S/C14H18N2O3/c17-13(18)11-1-4-15-12(7-11)8-16-9-14(10-16)2-5-19-6-3-14/h1,4,7H,2-3,5-6,8-10H2,(H,17,18). The number of pyridine rings is 1. The number of rotatable bonds is 3. The molecular formula is C14H18N2O3. The monoisotopic (exact) mass is 262 g/mol. The number of nitrogens with zero attached hydrogens (tertiary/aromatic N) is 2. The molecule has 19 heavy (non-hydrogen) atoms. The fourth-order valence-corrected chi connectivity index (χ4v) is 3.06. The van der Waals surface area contributed by atoms with Crippen molar-refractivity contribution in [2.75, 3.05) is 26.3 Å². The average molecular weight is 262 g/mol. The van der Waals surface area contributed by atoms with Crippen molar-refractivity contribution in [2.24, 2.45) is 5.41 Å². The second-order valence-corrected chi connectivity index (χ2v) is 5.60. The Kier molecular flexibility index (Phi) is 3.24. The largest absolute Gasteiger partial charge is 0.478 e. The van der Waals surface area contributed by atoms with Gasteiger partial charge in [0.2, 0.25) is 0 Å². The zero-order chi connectivity index (χ0) is 13.3. The molecule has 0 unspecified atom stereocenters. The lowest BCUT2D eigenvalue weighted by Gasteiger charge is -2.52. The van der Waals surface area contributed by atoms with Gasteiger partial charge in [0, 0.05) is 44.5 Å². The van der Waals surface area contributed by atoms with Crippen LogP contribution in [-0.2, 0) is 11.3 Å². The minimum Gasteiger partial charge on any atom is -0.478 e. The molecule has 0 saturated carbocycles. The van der Waals surface area contributed by atoms with Crippen LogP contribution in [0.25, 0.3) is 0 Å². The van der Waals surface area contributed by atoms with Crippen molar-refractivity contribution in [3.8, 4) is 0 Å². The molecule has 2 fully saturated rings. The van der Waals surface area contributed by atoms with Crippen LogP contribution in [0.5, 0.6) is 0 Å². The molecule has 2 saturated heterocycles. The van der Waals surface area contributed by atoms with Crippen molar-refractivity contribution in [1.82, 2.24) is 9.88 Å². The summed E-state index contributed by atoms with van der Waals surface area (Å²) in [6, 6.07) is 3.19. The van der Waals surface area contributed by atoms with E-state index in [1.54, 1.807) is 12.3 Å². The summed E-state index contributed by atoms with van der Waals surface area (Å²) < 4.78 is 5.40. The Labute approximate surface area is 112 Å². The molecule has 1 spiro atoms. The van der Waals surface area contributed by atoms with Gasteiger partial charge in [-0.3, -0.25) is 9.88 Å². The maximum absolute atomic E-state index is 10.9. The summed E-state index contributed by atoms with van der Waals surface area (Å²) in [7, 11) is 0. The van der Waals surface area contributed by atoms with E-state index < -0.39 is 5.97 Å². The van der Waals surface area contributed by atoms with Crippen LogP contribution in [0.15, 0.2) is 18.3 Å². The van der Waals surface area contributed by atoms with Crippen molar-refractivity contribution in [3.05, 3.63) is 29.6 Å². The predicted molar refractivity (Wildman–Crippen MR) is 69.0 cm³/mol. The highest BCUT2D eigenvalue weighted by Crippen LogP contribution is 2.40. The first-order valence-corrected chi connectivity index (χ1v) is 6.65. The van der Waals surface area contributed by atoms with E-state index in [-0.39, 0.29) is 0 Å². The molecule has 5 nitrogen and oxygen atoms in total. The summed E-state index contributed by atoms with van der Waals surface area (Å²) in [5.74, 6) is -0.895. The van der Waals surface area contributed by atoms with Crippen molar-refractivity contribution < 1.29 is 14.6 Å². The van der Waals surface area contributed by atoms with Gasteiger partial charge in [0.05, 0.1) is 11.3 Å². The molecule has 0 aliphatic carbocycles. The van der Waals surface area contributed by atoms with Gasteiger partial charge < -0.3 is 9.84 Å². The quantitative estimate of drug-likeness (QED) is 0.892. The van der Waals surface area contributed by atoms with Gasteiger partial charge in [-0.05, 0) is 25.0 Å². The first-order chi connectivity index (χ1) is 9.17. The van der Waals surface area contributed by atoms with Crippen LogP contribution in [0.1, 0.15) is 28.9 Å². The first-order valence-electron chi connectivity index (χ1n) is 6.65. The molecule has 2 aliphatic heterocycles. The molecule has 1 aromatic rings. The number of carboxylic acid groups (broad SMARTS) is 1. The van der Waals surface area contributed by atoms with Crippen molar-refractivity contribution in [2.45, 2.75) is 19.4 Å². The number of carbonyl (C=O) groups is 1. The third-order valence-electron chi connectivity index (χ3n) is 4.12. The van der Waals surface area contributed by atoms with Gasteiger partial charge >= 0.3 is 5.97 Å². The van der Waals surface area contributed by atoms with Crippen molar-refractivity contribution in [1.29, 1.82) is 0 Å². The fraction of sp³-hybridized carbons (Fsp3) is 0.571. The van der Waals surface area contributed by atoms with Gasteiger partial charge in [-0.25, -0.2) is 4.79 Å². The molecule has 0 atom stereocenters. The Bertz CT molecular complexity index is 475. The minimum atomic E-state index is -0.895. The van der Waals surface area contributed by atoms with Gasteiger partial charge in [0.25, 0.3) is 0 Å². The van der Waals surface area contributed by atoms with Crippen molar-refractivity contribution in [3.63, 3.8) is 0 Å².